The van der Waals surface area contributed by atoms with Crippen molar-refractivity contribution in [3.05, 3.63) is 29.3 Å². The van der Waals surface area contributed by atoms with E-state index in [1.54, 1.807) is 24.3 Å². The molecule has 3 rings (SSSR count). The molecule has 8 heteroatoms. The van der Waals surface area contributed by atoms with Crippen LogP contribution in [0.2, 0.25) is 5.02 Å². The van der Waals surface area contributed by atoms with E-state index < -0.39 is 5.60 Å². The van der Waals surface area contributed by atoms with Crippen LogP contribution in [-0.2, 0) is 14.3 Å². The van der Waals surface area contributed by atoms with Crippen molar-refractivity contribution in [2.45, 2.75) is 31.3 Å². The number of hydrogen-bond donors (Lipinski definition) is 1. The summed E-state index contributed by atoms with van der Waals surface area (Å²) in [6, 6.07) is 7.10. The fourth-order valence-electron chi connectivity index (χ4n) is 3.72. The first-order valence-electron chi connectivity index (χ1n) is 9.67. The Kier molecular flexibility index (Phi) is 7.43. The van der Waals surface area contributed by atoms with E-state index in [0.29, 0.717) is 62.4 Å². The summed E-state index contributed by atoms with van der Waals surface area (Å²) in [6.07, 6.45) is 2.75. The van der Waals surface area contributed by atoms with E-state index in [-0.39, 0.29) is 17.7 Å². The van der Waals surface area contributed by atoms with Crippen molar-refractivity contribution < 1.29 is 19.1 Å². The molecule has 6 nitrogen and oxygen atoms in total. The van der Waals surface area contributed by atoms with Gasteiger partial charge in [-0.1, -0.05) is 11.6 Å². The Morgan fingerprint density at radius 2 is 1.82 bits per heavy atom. The summed E-state index contributed by atoms with van der Waals surface area (Å²) in [7, 11) is 0. The monoisotopic (exact) mass is 428 g/mol. The third-order valence-electron chi connectivity index (χ3n) is 5.43. The number of nitrogens with zero attached hydrogens (tertiary/aromatic N) is 1. The number of likely N-dealkylation sites (tertiary alicyclic amines) is 1. The van der Waals surface area contributed by atoms with Crippen LogP contribution in [0.25, 0.3) is 0 Å². The average molecular weight is 429 g/mol. The van der Waals surface area contributed by atoms with E-state index in [1.165, 1.54) is 0 Å². The number of nitrogens with one attached hydrogen (secondary N) is 1. The number of benzene rings is 1. The Morgan fingerprint density at radius 3 is 2.43 bits per heavy atom. The van der Waals surface area contributed by atoms with Gasteiger partial charge in [0.2, 0.25) is 5.91 Å². The van der Waals surface area contributed by atoms with E-state index >= 15 is 0 Å². The molecule has 0 aliphatic carbocycles. The molecular formula is C20H26Cl2N2O4. The molecule has 2 aliphatic rings. The van der Waals surface area contributed by atoms with Crippen molar-refractivity contribution in [3.63, 3.8) is 0 Å². The van der Waals surface area contributed by atoms with Gasteiger partial charge < -0.3 is 19.7 Å². The summed E-state index contributed by atoms with van der Waals surface area (Å²) in [5.41, 5.74) is -0.897. The molecule has 2 aliphatic heterocycles. The van der Waals surface area contributed by atoms with Crippen LogP contribution >= 0.6 is 23.2 Å². The fourth-order valence-corrected chi connectivity index (χ4v) is 3.94. The van der Waals surface area contributed by atoms with Gasteiger partial charge in [-0.05, 0) is 43.0 Å². The van der Waals surface area contributed by atoms with Gasteiger partial charge in [0.1, 0.15) is 11.6 Å². The molecule has 1 N–H and O–H groups in total. The molecule has 2 heterocycles. The van der Waals surface area contributed by atoms with Gasteiger partial charge in [0.15, 0.2) is 5.60 Å². The molecule has 0 saturated carbocycles. The smallest absolute Gasteiger partial charge is 0.266 e. The molecule has 0 spiro atoms. The number of halogens is 2. The number of hydrogen-bond acceptors (Lipinski definition) is 4. The van der Waals surface area contributed by atoms with Crippen LogP contribution in [-0.4, -0.2) is 61.0 Å². The van der Waals surface area contributed by atoms with Gasteiger partial charge in [-0.25, -0.2) is 0 Å². The molecule has 1 aromatic rings. The molecule has 0 atom stereocenters. The van der Waals surface area contributed by atoms with Gasteiger partial charge >= 0.3 is 0 Å². The van der Waals surface area contributed by atoms with E-state index in [2.05, 4.69) is 5.32 Å². The number of alkyl halides is 1. The second kappa shape index (κ2) is 9.81. The molecular weight excluding hydrogens is 403 g/mol. The van der Waals surface area contributed by atoms with E-state index in [1.807, 2.05) is 4.90 Å². The minimum absolute atomic E-state index is 0.0222. The quantitative estimate of drug-likeness (QED) is 0.707. The number of rotatable bonds is 6. The highest BCUT2D eigenvalue weighted by Gasteiger charge is 2.45. The van der Waals surface area contributed by atoms with Gasteiger partial charge in [0.05, 0.1) is 13.2 Å². The normalized spacial score (nSPS) is 19.9. The second-order valence-corrected chi connectivity index (χ2v) is 8.04. The maximum absolute atomic E-state index is 13.4. The third kappa shape index (κ3) is 5.31. The van der Waals surface area contributed by atoms with Gasteiger partial charge in [0, 0.05) is 37.5 Å². The minimum Gasteiger partial charge on any atom is -0.477 e. The lowest BCUT2D eigenvalue weighted by Crippen LogP contribution is -2.57. The zero-order valence-electron chi connectivity index (χ0n) is 15.8. The van der Waals surface area contributed by atoms with Gasteiger partial charge in [-0.2, -0.15) is 0 Å². The zero-order valence-corrected chi connectivity index (χ0v) is 17.3. The predicted molar refractivity (Wildman–Crippen MR) is 108 cm³/mol. The topological polar surface area (TPSA) is 67.9 Å². The van der Waals surface area contributed by atoms with Crippen LogP contribution in [0.15, 0.2) is 24.3 Å². The lowest BCUT2D eigenvalue weighted by molar-refractivity contribution is -0.158. The highest BCUT2D eigenvalue weighted by molar-refractivity contribution is 6.30. The molecule has 1 aromatic carbocycles. The Morgan fingerprint density at radius 1 is 1.18 bits per heavy atom. The summed E-state index contributed by atoms with van der Waals surface area (Å²) in [6.45, 7) is 2.92. The first kappa shape index (κ1) is 21.2. The Hall–Kier alpha value is -1.50. The summed E-state index contributed by atoms with van der Waals surface area (Å²) in [5.74, 6) is 0.841. The molecule has 0 unspecified atom stereocenters. The SMILES string of the molecule is O=C(CCl)NCC1CCN(C(=O)C2(Oc3ccc(Cl)cc3)CCOCC2)CC1. The van der Waals surface area contributed by atoms with E-state index in [9.17, 15) is 9.59 Å². The van der Waals surface area contributed by atoms with Crippen LogP contribution in [0.5, 0.6) is 5.75 Å². The molecule has 2 saturated heterocycles. The van der Waals surface area contributed by atoms with Crippen LogP contribution in [0.3, 0.4) is 0 Å². The Labute approximate surface area is 175 Å². The van der Waals surface area contributed by atoms with Crippen LogP contribution in [0.4, 0.5) is 0 Å². The zero-order chi connectivity index (χ0) is 20.0. The molecule has 0 radical (unpaired) electrons. The summed E-state index contributed by atoms with van der Waals surface area (Å²) >= 11 is 11.5. The predicted octanol–water partition coefficient (Wildman–Crippen LogP) is 2.86. The van der Waals surface area contributed by atoms with Crippen molar-refractivity contribution in [2.75, 3.05) is 38.7 Å². The number of ether oxygens (including phenoxy) is 2. The van der Waals surface area contributed by atoms with Crippen molar-refractivity contribution >= 4 is 35.0 Å². The van der Waals surface area contributed by atoms with E-state index in [4.69, 9.17) is 32.7 Å². The van der Waals surface area contributed by atoms with Crippen LogP contribution < -0.4 is 10.1 Å². The van der Waals surface area contributed by atoms with Crippen molar-refractivity contribution in [3.8, 4) is 5.75 Å². The maximum atomic E-state index is 13.4. The first-order chi connectivity index (χ1) is 13.5. The summed E-state index contributed by atoms with van der Waals surface area (Å²) in [5, 5.41) is 3.46. The lowest BCUT2D eigenvalue weighted by atomic mass is 9.89. The highest BCUT2D eigenvalue weighted by atomic mass is 35.5. The number of amides is 2. The van der Waals surface area contributed by atoms with Crippen molar-refractivity contribution in [1.29, 1.82) is 0 Å². The highest BCUT2D eigenvalue weighted by Crippen LogP contribution is 2.32. The third-order valence-corrected chi connectivity index (χ3v) is 5.92. The van der Waals surface area contributed by atoms with Crippen molar-refractivity contribution in [1.82, 2.24) is 10.2 Å². The van der Waals surface area contributed by atoms with Crippen molar-refractivity contribution in [2.24, 2.45) is 5.92 Å². The number of piperidine rings is 1. The van der Waals surface area contributed by atoms with Gasteiger partial charge in [-0.15, -0.1) is 11.6 Å². The lowest BCUT2D eigenvalue weighted by Gasteiger charge is -2.42. The Bertz CT molecular complexity index is 669. The molecule has 28 heavy (non-hydrogen) atoms. The number of carbonyl (C=O) groups excluding carboxylic acids is 2. The molecule has 154 valence electrons. The molecule has 2 fully saturated rings. The number of carbonyl (C=O) groups is 2. The Balaban J connectivity index is 1.62. The summed E-state index contributed by atoms with van der Waals surface area (Å²) in [4.78, 5) is 26.6. The summed E-state index contributed by atoms with van der Waals surface area (Å²) < 4.78 is 11.7. The fraction of sp³-hybridized carbons (Fsp3) is 0.600. The first-order valence-corrected chi connectivity index (χ1v) is 10.6. The van der Waals surface area contributed by atoms with Gasteiger partial charge in [0.25, 0.3) is 5.91 Å². The van der Waals surface area contributed by atoms with E-state index in [0.717, 1.165) is 12.8 Å². The van der Waals surface area contributed by atoms with Crippen LogP contribution in [0.1, 0.15) is 25.7 Å². The largest absolute Gasteiger partial charge is 0.477 e. The molecule has 2 amide bonds. The van der Waals surface area contributed by atoms with Gasteiger partial charge in [-0.3, -0.25) is 9.59 Å². The van der Waals surface area contributed by atoms with Crippen LogP contribution in [0, 0.1) is 5.92 Å². The average Bonchev–Trinajstić information content (AvgIpc) is 2.74. The second-order valence-electron chi connectivity index (χ2n) is 7.34. The molecule has 0 aromatic heterocycles. The maximum Gasteiger partial charge on any atom is 0.266 e. The standard InChI is InChI=1S/C20H26Cl2N2O4/c21-13-18(25)23-14-15-5-9-24(10-6-15)19(26)20(7-11-27-12-8-20)28-17-3-1-16(22)2-4-17/h1-4,15H,5-14H2,(H,23,25). The molecule has 0 bridgehead atoms. The minimum atomic E-state index is -0.897.